The monoisotopic (exact) mass is 606 g/mol. The highest BCUT2D eigenvalue weighted by molar-refractivity contribution is 7.17. The number of esters is 1. The van der Waals surface area contributed by atoms with Crippen molar-refractivity contribution in [1.29, 1.82) is 0 Å². The number of ether oxygens (including phenoxy) is 3. The first kappa shape index (κ1) is 32.1. The third-order valence-electron chi connectivity index (χ3n) is 7.29. The van der Waals surface area contributed by atoms with Gasteiger partial charge < -0.3 is 24.8 Å². The summed E-state index contributed by atoms with van der Waals surface area (Å²) < 4.78 is 16.9. The van der Waals surface area contributed by atoms with E-state index >= 15 is 0 Å². The highest BCUT2D eigenvalue weighted by Gasteiger charge is 2.28. The maximum atomic E-state index is 13.5. The first-order chi connectivity index (χ1) is 20.9. The van der Waals surface area contributed by atoms with Crippen molar-refractivity contribution in [1.82, 2.24) is 5.32 Å². The quantitative estimate of drug-likeness (QED) is 0.142. The molecule has 1 aliphatic rings. The third-order valence-corrected chi connectivity index (χ3v) is 8.46. The zero-order valence-corrected chi connectivity index (χ0v) is 26.1. The number of rotatable bonds is 15. The van der Waals surface area contributed by atoms with Gasteiger partial charge in [0.05, 0.1) is 30.9 Å². The Morgan fingerprint density at radius 1 is 0.884 bits per heavy atom. The molecular formula is C34H42N2O6S. The predicted molar refractivity (Wildman–Crippen MR) is 170 cm³/mol. The number of carbonyl (C=O) groups excluding carboxylic acids is 3. The molecule has 2 aromatic carbocycles. The predicted octanol–water partition coefficient (Wildman–Crippen LogP) is 7.07. The fourth-order valence-corrected chi connectivity index (χ4v) is 6.25. The highest BCUT2D eigenvalue weighted by Crippen LogP contribution is 2.40. The van der Waals surface area contributed by atoms with Crippen LogP contribution in [0.3, 0.4) is 0 Å². The lowest BCUT2D eigenvalue weighted by Crippen LogP contribution is -2.30. The van der Waals surface area contributed by atoms with Crippen molar-refractivity contribution in [3.05, 3.63) is 75.7 Å². The van der Waals surface area contributed by atoms with Crippen LogP contribution in [0.25, 0.3) is 0 Å². The molecule has 0 spiro atoms. The maximum absolute atomic E-state index is 13.5. The number of thiophene rings is 1. The van der Waals surface area contributed by atoms with Crippen molar-refractivity contribution in [3.63, 3.8) is 0 Å². The fourth-order valence-electron chi connectivity index (χ4n) is 4.84. The Bertz CT molecular complexity index is 1400. The number of nitrogens with one attached hydrogen (secondary N) is 2. The molecule has 1 aliphatic carbocycles. The number of hydrogen-bond acceptors (Lipinski definition) is 7. The van der Waals surface area contributed by atoms with Crippen LogP contribution < -0.4 is 20.1 Å². The van der Waals surface area contributed by atoms with E-state index < -0.39 is 5.97 Å². The lowest BCUT2D eigenvalue weighted by Gasteiger charge is -2.18. The molecule has 1 unspecified atom stereocenters. The molecule has 230 valence electrons. The van der Waals surface area contributed by atoms with E-state index in [9.17, 15) is 14.4 Å². The lowest BCUT2D eigenvalue weighted by molar-refractivity contribution is 0.0502. The molecule has 1 aromatic heterocycles. The molecule has 2 N–H and O–H groups in total. The fraction of sp³-hybridized carbons (Fsp3) is 0.441. The van der Waals surface area contributed by atoms with E-state index in [1.165, 1.54) is 11.3 Å². The second kappa shape index (κ2) is 16.1. The second-order valence-corrected chi connectivity index (χ2v) is 12.0. The Balaban J connectivity index is 1.38. The van der Waals surface area contributed by atoms with Gasteiger partial charge in [0.25, 0.3) is 11.8 Å². The molecule has 0 saturated carbocycles. The Kier molecular flexibility index (Phi) is 12.0. The molecule has 1 atom stereocenters. The smallest absolute Gasteiger partial charge is 0.338 e. The van der Waals surface area contributed by atoms with E-state index in [1.54, 1.807) is 36.4 Å². The number of unbranched alkanes of at least 4 members (excludes halogenated alkanes) is 2. The summed E-state index contributed by atoms with van der Waals surface area (Å²) in [6, 6.07) is 14.0. The molecule has 0 radical (unpaired) electrons. The van der Waals surface area contributed by atoms with E-state index in [0.29, 0.717) is 52.3 Å². The maximum Gasteiger partial charge on any atom is 0.338 e. The summed E-state index contributed by atoms with van der Waals surface area (Å²) in [6.45, 7) is 7.73. The van der Waals surface area contributed by atoms with Gasteiger partial charge in [-0.05, 0) is 80.0 Å². The summed E-state index contributed by atoms with van der Waals surface area (Å²) in [5.41, 5.74) is 2.35. The Hall–Kier alpha value is -3.85. The number of fused-ring (bicyclic) bond motifs is 1. The van der Waals surface area contributed by atoms with E-state index in [4.69, 9.17) is 14.2 Å². The van der Waals surface area contributed by atoms with Crippen LogP contribution in [0.5, 0.6) is 11.5 Å². The van der Waals surface area contributed by atoms with Gasteiger partial charge in [-0.3, -0.25) is 9.59 Å². The average molecular weight is 607 g/mol. The summed E-state index contributed by atoms with van der Waals surface area (Å²) in [4.78, 5) is 40.4. The molecule has 4 rings (SSSR count). The standard InChI is InChI=1S/C34H42N2O6S/c1-4-6-17-40-26-12-8-10-24(21-26)31(37)36-33-30(28-15-14-23(3)20-29(28)43-33)32(38)35-16-19-42-34(39)25-11-9-13-27(22-25)41-18-7-5-2/h8-13,21-23H,4-7,14-20H2,1-3H3,(H,35,38)(H,36,37). The van der Waals surface area contributed by atoms with Gasteiger partial charge in [-0.1, -0.05) is 45.7 Å². The molecule has 0 saturated heterocycles. The minimum Gasteiger partial charge on any atom is -0.494 e. The van der Waals surface area contributed by atoms with Gasteiger partial charge in [0.2, 0.25) is 0 Å². The molecule has 0 bridgehead atoms. The Morgan fingerprint density at radius 3 is 2.21 bits per heavy atom. The van der Waals surface area contributed by atoms with E-state index in [1.807, 2.05) is 12.1 Å². The van der Waals surface area contributed by atoms with Crippen LogP contribution in [0.4, 0.5) is 5.00 Å². The van der Waals surface area contributed by atoms with Crippen molar-refractivity contribution in [2.24, 2.45) is 5.92 Å². The van der Waals surface area contributed by atoms with Crippen LogP contribution in [0, 0.1) is 5.92 Å². The van der Waals surface area contributed by atoms with E-state index in [-0.39, 0.29) is 25.0 Å². The first-order valence-corrected chi connectivity index (χ1v) is 16.1. The van der Waals surface area contributed by atoms with Gasteiger partial charge in [-0.2, -0.15) is 0 Å². The van der Waals surface area contributed by atoms with Crippen LogP contribution in [-0.4, -0.2) is 44.1 Å². The van der Waals surface area contributed by atoms with Gasteiger partial charge >= 0.3 is 5.97 Å². The third kappa shape index (κ3) is 9.07. The Morgan fingerprint density at radius 2 is 1.53 bits per heavy atom. The van der Waals surface area contributed by atoms with Crippen LogP contribution in [0.1, 0.15) is 94.4 Å². The number of amides is 2. The first-order valence-electron chi connectivity index (χ1n) is 15.3. The molecular weight excluding hydrogens is 564 g/mol. The molecule has 9 heteroatoms. The van der Waals surface area contributed by atoms with Gasteiger partial charge in [0.15, 0.2) is 0 Å². The van der Waals surface area contributed by atoms with E-state index in [2.05, 4.69) is 31.4 Å². The number of carbonyl (C=O) groups is 3. The lowest BCUT2D eigenvalue weighted by atomic mass is 9.88. The van der Waals surface area contributed by atoms with Gasteiger partial charge in [-0.15, -0.1) is 11.3 Å². The van der Waals surface area contributed by atoms with Crippen molar-refractivity contribution >= 4 is 34.1 Å². The van der Waals surface area contributed by atoms with Crippen LogP contribution in [0.2, 0.25) is 0 Å². The molecule has 43 heavy (non-hydrogen) atoms. The zero-order chi connectivity index (χ0) is 30.6. The molecule has 1 heterocycles. The summed E-state index contributed by atoms with van der Waals surface area (Å²) in [7, 11) is 0. The average Bonchev–Trinajstić information content (AvgIpc) is 3.36. The van der Waals surface area contributed by atoms with Crippen LogP contribution in [0.15, 0.2) is 48.5 Å². The molecule has 2 amide bonds. The normalized spacial score (nSPS) is 14.0. The van der Waals surface area contributed by atoms with E-state index in [0.717, 1.165) is 55.4 Å². The largest absolute Gasteiger partial charge is 0.494 e. The number of benzene rings is 2. The SMILES string of the molecule is CCCCOc1cccc(C(=O)Nc2sc3c(c2C(=O)NCCOC(=O)c2cccc(OCCCC)c2)CCC(C)C3)c1. The summed E-state index contributed by atoms with van der Waals surface area (Å²) in [5.74, 6) is 0.711. The Labute approximate surface area is 258 Å². The summed E-state index contributed by atoms with van der Waals surface area (Å²) in [5, 5.41) is 6.42. The van der Waals surface area contributed by atoms with Crippen molar-refractivity contribution in [3.8, 4) is 11.5 Å². The summed E-state index contributed by atoms with van der Waals surface area (Å²) >= 11 is 1.47. The molecule has 0 aliphatic heterocycles. The molecule has 0 fully saturated rings. The van der Waals surface area contributed by atoms with Crippen molar-refractivity contribution < 1.29 is 28.6 Å². The van der Waals surface area contributed by atoms with Gasteiger partial charge in [0.1, 0.15) is 23.1 Å². The van der Waals surface area contributed by atoms with Crippen molar-refractivity contribution in [2.45, 2.75) is 65.7 Å². The zero-order valence-electron chi connectivity index (χ0n) is 25.3. The highest BCUT2D eigenvalue weighted by atomic mass is 32.1. The van der Waals surface area contributed by atoms with Crippen molar-refractivity contribution in [2.75, 3.05) is 31.7 Å². The van der Waals surface area contributed by atoms with Crippen LogP contribution in [-0.2, 0) is 17.6 Å². The summed E-state index contributed by atoms with van der Waals surface area (Å²) in [6.07, 6.45) is 6.55. The molecule has 8 nitrogen and oxygen atoms in total. The molecule has 3 aromatic rings. The number of hydrogen-bond donors (Lipinski definition) is 2. The van der Waals surface area contributed by atoms with Gasteiger partial charge in [0, 0.05) is 10.4 Å². The minimum absolute atomic E-state index is 0.0152. The number of anilines is 1. The topological polar surface area (TPSA) is 103 Å². The van der Waals surface area contributed by atoms with Crippen LogP contribution >= 0.6 is 11.3 Å². The minimum atomic E-state index is -0.481. The van der Waals surface area contributed by atoms with Gasteiger partial charge in [-0.25, -0.2) is 4.79 Å². The second-order valence-electron chi connectivity index (χ2n) is 10.9.